The Kier molecular flexibility index (Phi) is 3.44. The van der Waals surface area contributed by atoms with Gasteiger partial charge in [0.05, 0.1) is 11.8 Å². The maximum Gasteiger partial charge on any atom is 0.259 e. The van der Waals surface area contributed by atoms with E-state index in [1.165, 1.54) is 0 Å². The molecular weight excluding hydrogens is 274 g/mol. The molecule has 1 unspecified atom stereocenters. The molecule has 2 aromatic rings. The molecule has 1 aromatic carbocycles. The van der Waals surface area contributed by atoms with Gasteiger partial charge < -0.3 is 9.73 Å². The van der Waals surface area contributed by atoms with Gasteiger partial charge in [-0.1, -0.05) is 6.07 Å². The smallest absolute Gasteiger partial charge is 0.259 e. The van der Waals surface area contributed by atoms with Gasteiger partial charge in [0.15, 0.2) is 0 Å². The molecule has 5 heteroatoms. The molecule has 1 aromatic heterocycles. The summed E-state index contributed by atoms with van der Waals surface area (Å²) in [5.74, 6) is 0.984. The zero-order valence-corrected chi connectivity index (χ0v) is 11.9. The maximum absolute atomic E-state index is 12.3. The molecule has 1 fully saturated rings. The van der Waals surface area contributed by atoms with Crippen LogP contribution in [0.2, 0.25) is 0 Å². The Bertz CT molecular complexity index is 673. The van der Waals surface area contributed by atoms with E-state index in [9.17, 15) is 9.00 Å². The van der Waals surface area contributed by atoms with Crippen LogP contribution in [0.4, 0.5) is 5.69 Å². The number of anilines is 1. The molecule has 104 valence electrons. The molecule has 4 nitrogen and oxygen atoms in total. The number of hydrogen-bond acceptors (Lipinski definition) is 3. The molecule has 0 bridgehead atoms. The summed E-state index contributed by atoms with van der Waals surface area (Å²) in [6.45, 7) is 0. The summed E-state index contributed by atoms with van der Waals surface area (Å²) in [5, 5.41) is 2.83. The fourth-order valence-electron chi connectivity index (χ4n) is 2.12. The highest BCUT2D eigenvalue weighted by Gasteiger charge is 2.31. The quantitative estimate of drug-likeness (QED) is 0.940. The Morgan fingerprint density at radius 3 is 2.85 bits per heavy atom. The van der Waals surface area contributed by atoms with Gasteiger partial charge in [-0.25, -0.2) is 0 Å². The van der Waals surface area contributed by atoms with Gasteiger partial charge in [-0.3, -0.25) is 9.00 Å². The van der Waals surface area contributed by atoms with Crippen molar-refractivity contribution in [2.75, 3.05) is 11.6 Å². The summed E-state index contributed by atoms with van der Waals surface area (Å²) < 4.78 is 16.8. The second-order valence-electron chi connectivity index (χ2n) is 4.91. The molecule has 0 radical (unpaired) electrons. The summed E-state index contributed by atoms with van der Waals surface area (Å²) in [6, 6.07) is 8.77. The molecule has 1 N–H and O–H groups in total. The predicted octanol–water partition coefficient (Wildman–Crippen LogP) is 3.15. The van der Waals surface area contributed by atoms with Crippen molar-refractivity contribution in [1.29, 1.82) is 0 Å². The van der Waals surface area contributed by atoms with Crippen LogP contribution >= 0.6 is 0 Å². The predicted molar refractivity (Wildman–Crippen MR) is 77.4 cm³/mol. The van der Waals surface area contributed by atoms with E-state index in [2.05, 4.69) is 5.32 Å². The molecule has 1 aliphatic rings. The average molecular weight is 289 g/mol. The van der Waals surface area contributed by atoms with Crippen molar-refractivity contribution in [2.45, 2.75) is 23.7 Å². The fraction of sp³-hybridized carbons (Fsp3) is 0.267. The third kappa shape index (κ3) is 2.67. The molecule has 1 saturated carbocycles. The van der Waals surface area contributed by atoms with Crippen LogP contribution < -0.4 is 5.32 Å². The summed E-state index contributed by atoms with van der Waals surface area (Å²) >= 11 is 0. The van der Waals surface area contributed by atoms with E-state index in [0.29, 0.717) is 22.1 Å². The Balaban J connectivity index is 1.80. The van der Waals surface area contributed by atoms with E-state index in [4.69, 9.17) is 4.42 Å². The monoisotopic (exact) mass is 289 g/mol. The zero-order valence-electron chi connectivity index (χ0n) is 11.1. The third-order valence-corrected chi connectivity index (χ3v) is 4.23. The highest BCUT2D eigenvalue weighted by atomic mass is 32.2. The number of benzene rings is 1. The number of furan rings is 1. The Hall–Kier alpha value is -1.88. The van der Waals surface area contributed by atoms with Crippen molar-refractivity contribution < 1.29 is 13.4 Å². The van der Waals surface area contributed by atoms with E-state index >= 15 is 0 Å². The van der Waals surface area contributed by atoms with Crippen molar-refractivity contribution in [3.63, 3.8) is 0 Å². The van der Waals surface area contributed by atoms with Gasteiger partial charge >= 0.3 is 0 Å². The molecule has 1 amide bonds. The largest absolute Gasteiger partial charge is 0.468 e. The lowest BCUT2D eigenvalue weighted by molar-refractivity contribution is 0.102. The van der Waals surface area contributed by atoms with Gasteiger partial charge in [-0.2, -0.15) is 0 Å². The zero-order chi connectivity index (χ0) is 14.1. The highest BCUT2D eigenvalue weighted by molar-refractivity contribution is 7.84. The maximum atomic E-state index is 12.3. The Morgan fingerprint density at radius 1 is 1.35 bits per heavy atom. The summed E-state index contributed by atoms with van der Waals surface area (Å²) in [5.41, 5.74) is 1.24. The van der Waals surface area contributed by atoms with Crippen molar-refractivity contribution >= 4 is 22.4 Å². The number of carbonyl (C=O) groups is 1. The van der Waals surface area contributed by atoms with Gasteiger partial charge in [0.25, 0.3) is 5.91 Å². The number of rotatable bonds is 4. The first kappa shape index (κ1) is 13.1. The van der Waals surface area contributed by atoms with Crippen LogP contribution in [-0.4, -0.2) is 16.4 Å². The Morgan fingerprint density at radius 2 is 2.15 bits per heavy atom. The minimum atomic E-state index is -1.06. The normalized spacial score (nSPS) is 15.8. The summed E-state index contributed by atoms with van der Waals surface area (Å²) in [6.07, 6.45) is 5.33. The SMILES string of the molecule is CS(=O)c1cccc(NC(=O)c2ccoc2C2CC2)c1. The minimum Gasteiger partial charge on any atom is -0.468 e. The standard InChI is InChI=1S/C15H15NO3S/c1-20(18)12-4-2-3-11(9-12)16-15(17)13-7-8-19-14(13)10-5-6-10/h2-4,7-10H,5-6H2,1H3,(H,16,17). The molecule has 0 spiro atoms. The molecule has 1 aliphatic carbocycles. The van der Waals surface area contributed by atoms with Crippen LogP contribution in [0.3, 0.4) is 0 Å². The first-order valence-corrected chi connectivity index (χ1v) is 8.03. The first-order valence-electron chi connectivity index (χ1n) is 6.47. The molecule has 1 heterocycles. The first-order chi connectivity index (χ1) is 9.65. The second kappa shape index (κ2) is 5.25. The van der Waals surface area contributed by atoms with Crippen LogP contribution in [0.25, 0.3) is 0 Å². The van der Waals surface area contributed by atoms with Gasteiger partial charge in [-0.05, 0) is 37.1 Å². The van der Waals surface area contributed by atoms with E-state index in [-0.39, 0.29) is 5.91 Å². The van der Waals surface area contributed by atoms with Gasteiger partial charge in [0.1, 0.15) is 5.76 Å². The van der Waals surface area contributed by atoms with E-state index in [1.54, 1.807) is 42.9 Å². The number of amides is 1. The molecule has 0 saturated heterocycles. The lowest BCUT2D eigenvalue weighted by Crippen LogP contribution is -2.12. The van der Waals surface area contributed by atoms with Crippen LogP contribution in [0.1, 0.15) is 34.9 Å². The minimum absolute atomic E-state index is 0.181. The number of hydrogen-bond donors (Lipinski definition) is 1. The summed E-state index contributed by atoms with van der Waals surface area (Å²) in [4.78, 5) is 13.0. The Labute approximate surface area is 119 Å². The van der Waals surface area contributed by atoms with Gasteiger partial charge in [-0.15, -0.1) is 0 Å². The molecular formula is C15H15NO3S. The van der Waals surface area contributed by atoms with Gasteiger partial charge in [0.2, 0.25) is 0 Å². The molecule has 1 atom stereocenters. The van der Waals surface area contributed by atoms with Gasteiger partial charge in [0, 0.05) is 33.6 Å². The van der Waals surface area contributed by atoms with Crippen molar-refractivity contribution in [2.24, 2.45) is 0 Å². The lowest BCUT2D eigenvalue weighted by Gasteiger charge is -2.06. The topological polar surface area (TPSA) is 59.3 Å². The molecule has 3 rings (SSSR count). The van der Waals surface area contributed by atoms with Crippen molar-refractivity contribution in [1.82, 2.24) is 0 Å². The average Bonchev–Trinajstić information content (AvgIpc) is 3.16. The van der Waals surface area contributed by atoms with Crippen LogP contribution in [0, 0.1) is 0 Å². The van der Waals surface area contributed by atoms with Crippen LogP contribution in [-0.2, 0) is 10.8 Å². The third-order valence-electron chi connectivity index (χ3n) is 3.31. The van der Waals surface area contributed by atoms with E-state index in [0.717, 1.165) is 18.6 Å². The number of carbonyl (C=O) groups excluding carboxylic acids is 1. The van der Waals surface area contributed by atoms with E-state index in [1.807, 2.05) is 0 Å². The fourth-order valence-corrected chi connectivity index (χ4v) is 2.68. The van der Waals surface area contributed by atoms with Crippen molar-refractivity contribution in [3.05, 3.63) is 47.9 Å². The van der Waals surface area contributed by atoms with Crippen LogP contribution in [0.5, 0.6) is 0 Å². The summed E-state index contributed by atoms with van der Waals surface area (Å²) in [7, 11) is -1.06. The number of nitrogens with one attached hydrogen (secondary N) is 1. The highest BCUT2D eigenvalue weighted by Crippen LogP contribution is 2.42. The van der Waals surface area contributed by atoms with Crippen LogP contribution in [0.15, 0.2) is 45.9 Å². The van der Waals surface area contributed by atoms with E-state index < -0.39 is 10.8 Å². The second-order valence-corrected chi connectivity index (χ2v) is 6.29. The lowest BCUT2D eigenvalue weighted by atomic mass is 10.1. The van der Waals surface area contributed by atoms with Crippen molar-refractivity contribution in [3.8, 4) is 0 Å². The molecule has 0 aliphatic heterocycles. The molecule has 20 heavy (non-hydrogen) atoms.